The summed E-state index contributed by atoms with van der Waals surface area (Å²) >= 11 is 5.52. The highest BCUT2D eigenvalue weighted by Gasteiger charge is 2.32. The Morgan fingerprint density at radius 1 is 1.03 bits per heavy atom. The van der Waals surface area contributed by atoms with Crippen LogP contribution in [-0.2, 0) is 11.0 Å². The highest BCUT2D eigenvalue weighted by Crippen LogP contribution is 2.29. The van der Waals surface area contributed by atoms with E-state index in [4.69, 9.17) is 18.0 Å². The Bertz CT molecular complexity index is 1040. The summed E-state index contributed by atoms with van der Waals surface area (Å²) in [6, 6.07) is 11.3. The molecule has 0 spiro atoms. The van der Waals surface area contributed by atoms with Crippen LogP contribution in [0.15, 0.2) is 48.5 Å². The normalized spacial score (nSPS) is 20.3. The lowest BCUT2D eigenvalue weighted by Crippen LogP contribution is -2.57. The Morgan fingerprint density at radius 3 is 2.41 bits per heavy atom. The first kappa shape index (κ1) is 25.6. The molecule has 34 heavy (non-hydrogen) atoms. The predicted octanol–water partition coefficient (Wildman–Crippen LogP) is 3.07. The Balaban J connectivity index is 1.57. The molecule has 2 aromatic carbocycles. The van der Waals surface area contributed by atoms with E-state index in [1.165, 1.54) is 6.07 Å². The van der Waals surface area contributed by atoms with E-state index in [0.717, 1.165) is 35.7 Å². The van der Waals surface area contributed by atoms with Gasteiger partial charge >= 0.3 is 6.18 Å². The van der Waals surface area contributed by atoms with E-state index in [-0.39, 0.29) is 30.2 Å². The van der Waals surface area contributed by atoms with Gasteiger partial charge < -0.3 is 21.7 Å². The zero-order valence-corrected chi connectivity index (χ0v) is 19.4. The summed E-state index contributed by atoms with van der Waals surface area (Å²) in [5.74, 6) is -1.21. The first-order valence-corrected chi connectivity index (χ1v) is 11.3. The summed E-state index contributed by atoms with van der Waals surface area (Å²) in [6.45, 7) is 1.62. The van der Waals surface area contributed by atoms with E-state index in [9.17, 15) is 22.8 Å². The zero-order valence-electron chi connectivity index (χ0n) is 18.6. The third kappa shape index (κ3) is 7.01. The van der Waals surface area contributed by atoms with E-state index in [0.29, 0.717) is 17.8 Å². The number of rotatable bonds is 6. The molecule has 2 amide bonds. The number of amides is 2. The maximum atomic E-state index is 12.9. The van der Waals surface area contributed by atoms with Crippen molar-refractivity contribution in [3.63, 3.8) is 0 Å². The number of hydrogen-bond acceptors (Lipinski definition) is 4. The smallest absolute Gasteiger partial charge is 0.371 e. The number of nitrogens with two attached hydrogens (primary N) is 1. The van der Waals surface area contributed by atoms with Crippen LogP contribution in [0.3, 0.4) is 0 Å². The van der Waals surface area contributed by atoms with Crippen LogP contribution in [0.2, 0.25) is 0 Å². The second-order valence-electron chi connectivity index (χ2n) is 8.45. The first-order valence-electron chi connectivity index (χ1n) is 10.9. The van der Waals surface area contributed by atoms with E-state index in [1.807, 2.05) is 31.2 Å². The highest BCUT2D eigenvalue weighted by atomic mass is 32.1. The third-order valence-electron chi connectivity index (χ3n) is 5.73. The second kappa shape index (κ2) is 11.0. The molecule has 3 atom stereocenters. The second-order valence-corrected chi connectivity index (χ2v) is 8.86. The number of hydrogen-bond donors (Lipinski definition) is 4. The molecule has 182 valence electrons. The lowest BCUT2D eigenvalue weighted by Gasteiger charge is -2.36. The van der Waals surface area contributed by atoms with Gasteiger partial charge in [0.2, 0.25) is 5.91 Å². The van der Waals surface area contributed by atoms with Gasteiger partial charge in [-0.3, -0.25) is 9.59 Å². The fraction of sp³-hybridized carbons (Fsp3) is 0.375. The summed E-state index contributed by atoms with van der Waals surface area (Å²) in [6.07, 6.45) is -2.61. The minimum atomic E-state index is -4.56. The molecule has 1 aliphatic rings. The van der Waals surface area contributed by atoms with Crippen molar-refractivity contribution in [1.29, 1.82) is 0 Å². The molecule has 5 N–H and O–H groups in total. The van der Waals surface area contributed by atoms with Gasteiger partial charge in [0.05, 0.1) is 12.1 Å². The van der Waals surface area contributed by atoms with Crippen LogP contribution in [0.1, 0.15) is 46.3 Å². The lowest BCUT2D eigenvalue weighted by atomic mass is 9.87. The van der Waals surface area contributed by atoms with E-state index in [1.54, 1.807) is 0 Å². The van der Waals surface area contributed by atoms with Crippen molar-refractivity contribution < 1.29 is 22.8 Å². The van der Waals surface area contributed by atoms with E-state index >= 15 is 0 Å². The van der Waals surface area contributed by atoms with Gasteiger partial charge in [-0.25, -0.2) is 0 Å². The Morgan fingerprint density at radius 2 is 1.74 bits per heavy atom. The van der Waals surface area contributed by atoms with Crippen molar-refractivity contribution in [1.82, 2.24) is 16.0 Å². The third-order valence-corrected chi connectivity index (χ3v) is 6.08. The molecule has 0 aliphatic heterocycles. The van der Waals surface area contributed by atoms with Crippen molar-refractivity contribution in [2.24, 2.45) is 5.73 Å². The number of benzene rings is 2. The van der Waals surface area contributed by atoms with Crippen LogP contribution in [0.5, 0.6) is 0 Å². The number of nitrogens with one attached hydrogen (secondary N) is 3. The number of carbonyl (C=O) groups is 2. The van der Waals surface area contributed by atoms with E-state index in [2.05, 4.69) is 16.0 Å². The van der Waals surface area contributed by atoms with Crippen LogP contribution in [0, 0.1) is 6.92 Å². The maximum Gasteiger partial charge on any atom is 0.416 e. The molecule has 2 aromatic rings. The summed E-state index contributed by atoms with van der Waals surface area (Å²) in [5, 5.41) is 8.55. The van der Waals surface area contributed by atoms with Gasteiger partial charge in [0.25, 0.3) is 5.91 Å². The zero-order chi connectivity index (χ0) is 24.9. The molecule has 0 saturated heterocycles. The number of halogens is 3. The van der Waals surface area contributed by atoms with Crippen LogP contribution >= 0.6 is 12.2 Å². The number of alkyl halides is 3. The molecule has 0 bridgehead atoms. The van der Waals surface area contributed by atoms with Crippen LogP contribution in [0.4, 0.5) is 13.2 Å². The SMILES string of the molecule is Cc1ccc(C(=S)NC2CC(N)CCC2NC(=O)CNC(=O)c2cccc(C(F)(F)F)c2)cc1. The molecule has 0 radical (unpaired) electrons. The van der Waals surface area contributed by atoms with Crippen molar-refractivity contribution in [3.05, 3.63) is 70.8 Å². The van der Waals surface area contributed by atoms with Crippen LogP contribution in [0.25, 0.3) is 0 Å². The fourth-order valence-corrected chi connectivity index (χ4v) is 4.14. The van der Waals surface area contributed by atoms with Crippen molar-refractivity contribution in [3.8, 4) is 0 Å². The minimum absolute atomic E-state index is 0.0351. The standard InChI is InChI=1S/C24H27F3N4O2S/c1-14-5-7-15(8-6-14)23(34)31-20-12-18(28)9-10-19(20)30-21(32)13-29-22(33)16-3-2-4-17(11-16)24(25,26)27/h2-8,11,18-20H,9-10,12-13,28H2,1H3,(H,29,33)(H,30,32)(H,31,34). The molecule has 0 aromatic heterocycles. The Hall–Kier alpha value is -2.98. The van der Waals surface area contributed by atoms with Crippen molar-refractivity contribution in [2.45, 2.75) is 50.5 Å². The quantitative estimate of drug-likeness (QED) is 0.465. The fourth-order valence-electron chi connectivity index (χ4n) is 3.85. The minimum Gasteiger partial charge on any atom is -0.371 e. The van der Waals surface area contributed by atoms with E-state index < -0.39 is 23.6 Å². The molecule has 1 saturated carbocycles. The molecule has 6 nitrogen and oxygen atoms in total. The number of thiocarbonyl (C=S) groups is 1. The maximum absolute atomic E-state index is 12.9. The molecule has 1 fully saturated rings. The summed E-state index contributed by atoms with van der Waals surface area (Å²) in [5.41, 5.74) is 7.00. The van der Waals surface area contributed by atoms with Gasteiger partial charge in [-0.15, -0.1) is 0 Å². The van der Waals surface area contributed by atoms with Gasteiger partial charge in [-0.1, -0.05) is 48.1 Å². The molecule has 3 rings (SSSR count). The lowest BCUT2D eigenvalue weighted by molar-refractivity contribution is -0.137. The Kier molecular flexibility index (Phi) is 8.27. The van der Waals surface area contributed by atoms with Gasteiger partial charge in [-0.2, -0.15) is 13.2 Å². The summed E-state index contributed by atoms with van der Waals surface area (Å²) < 4.78 is 38.6. The number of carbonyl (C=O) groups excluding carboxylic acids is 2. The van der Waals surface area contributed by atoms with Gasteiger partial charge in [0, 0.05) is 29.3 Å². The van der Waals surface area contributed by atoms with Crippen molar-refractivity contribution >= 4 is 29.0 Å². The van der Waals surface area contributed by atoms with Gasteiger partial charge in [0.15, 0.2) is 0 Å². The van der Waals surface area contributed by atoms with Gasteiger partial charge in [-0.05, 0) is 44.4 Å². The molecular formula is C24H27F3N4O2S. The predicted molar refractivity (Wildman–Crippen MR) is 127 cm³/mol. The van der Waals surface area contributed by atoms with Gasteiger partial charge in [0.1, 0.15) is 4.99 Å². The number of aryl methyl sites for hydroxylation is 1. The highest BCUT2D eigenvalue weighted by molar-refractivity contribution is 7.80. The largest absolute Gasteiger partial charge is 0.416 e. The molecular weight excluding hydrogens is 465 g/mol. The average Bonchev–Trinajstić information content (AvgIpc) is 2.79. The molecule has 3 unspecified atom stereocenters. The van der Waals surface area contributed by atoms with Crippen LogP contribution in [-0.4, -0.2) is 41.5 Å². The topological polar surface area (TPSA) is 96.2 Å². The average molecular weight is 493 g/mol. The molecule has 0 heterocycles. The summed E-state index contributed by atoms with van der Waals surface area (Å²) in [7, 11) is 0. The molecule has 1 aliphatic carbocycles. The van der Waals surface area contributed by atoms with Crippen LogP contribution < -0.4 is 21.7 Å². The van der Waals surface area contributed by atoms with Crippen molar-refractivity contribution in [2.75, 3.05) is 6.54 Å². The Labute approximate surface area is 201 Å². The first-order chi connectivity index (χ1) is 16.0. The molecule has 10 heteroatoms. The summed E-state index contributed by atoms with van der Waals surface area (Å²) in [4.78, 5) is 25.3. The monoisotopic (exact) mass is 492 g/mol.